The average molecular weight is 147 g/mol. The van der Waals surface area contributed by atoms with E-state index >= 15 is 0 Å². The number of rotatable bonds is 1. The van der Waals surface area contributed by atoms with Crippen LogP contribution in [0.1, 0.15) is 26.2 Å². The summed E-state index contributed by atoms with van der Waals surface area (Å²) in [5.74, 6) is -2.65. The lowest BCUT2D eigenvalue weighted by atomic mass is 10.0. The van der Waals surface area contributed by atoms with Crippen LogP contribution in [0.2, 0.25) is 0 Å². The van der Waals surface area contributed by atoms with Crippen molar-refractivity contribution < 1.29 is 8.78 Å². The van der Waals surface area contributed by atoms with Crippen LogP contribution in [-0.2, 0) is 0 Å². The fourth-order valence-electron chi connectivity index (χ4n) is 1.32. The van der Waals surface area contributed by atoms with Crippen LogP contribution in [0.15, 0.2) is 0 Å². The fraction of sp³-hybridized carbons (Fsp3) is 0.857. The first-order valence-corrected chi connectivity index (χ1v) is 3.44. The minimum atomic E-state index is -2.49. The lowest BCUT2D eigenvalue weighted by Gasteiger charge is -2.07. The monoisotopic (exact) mass is 147 g/mol. The highest BCUT2D eigenvalue weighted by atomic mass is 19.3. The molecule has 1 saturated carbocycles. The fourth-order valence-corrected chi connectivity index (χ4v) is 1.32. The van der Waals surface area contributed by atoms with Gasteiger partial charge in [-0.25, -0.2) is 8.78 Å². The summed E-state index contributed by atoms with van der Waals surface area (Å²) in [7, 11) is 0. The van der Waals surface area contributed by atoms with Crippen LogP contribution < -0.4 is 0 Å². The third-order valence-electron chi connectivity index (χ3n) is 2.02. The van der Waals surface area contributed by atoms with Gasteiger partial charge in [0.2, 0.25) is 5.92 Å². The van der Waals surface area contributed by atoms with E-state index in [4.69, 9.17) is 5.41 Å². The van der Waals surface area contributed by atoms with Crippen molar-refractivity contribution in [3.05, 3.63) is 0 Å². The highest BCUT2D eigenvalue weighted by Gasteiger charge is 2.39. The van der Waals surface area contributed by atoms with E-state index < -0.39 is 5.92 Å². The van der Waals surface area contributed by atoms with Gasteiger partial charge in [0.05, 0.1) is 0 Å². The largest absolute Gasteiger partial charge is 0.310 e. The highest BCUT2D eigenvalue weighted by molar-refractivity contribution is 5.81. The molecule has 0 aromatic rings. The van der Waals surface area contributed by atoms with Crippen molar-refractivity contribution in [1.29, 1.82) is 5.41 Å². The number of hydrogen-bond donors (Lipinski definition) is 1. The molecule has 1 N–H and O–H groups in total. The molecule has 1 nitrogen and oxygen atoms in total. The van der Waals surface area contributed by atoms with Gasteiger partial charge >= 0.3 is 0 Å². The average Bonchev–Trinajstić information content (AvgIpc) is 2.10. The van der Waals surface area contributed by atoms with E-state index in [0.29, 0.717) is 12.1 Å². The quantitative estimate of drug-likeness (QED) is 0.551. The molecular formula is C7H11F2N. The molecule has 1 rings (SSSR count). The zero-order valence-corrected chi connectivity index (χ0v) is 5.95. The zero-order chi connectivity index (χ0) is 7.78. The van der Waals surface area contributed by atoms with Gasteiger partial charge in [0.15, 0.2) is 0 Å². The summed E-state index contributed by atoms with van der Waals surface area (Å²) in [4.78, 5) is 0. The predicted octanol–water partition coefficient (Wildman–Crippen LogP) is 2.46. The number of nitrogens with one attached hydrogen (secondary N) is 1. The minimum Gasteiger partial charge on any atom is -0.310 e. The first-order valence-electron chi connectivity index (χ1n) is 3.44. The summed E-state index contributed by atoms with van der Waals surface area (Å²) in [5.41, 5.74) is 0.400. The Morgan fingerprint density at radius 1 is 1.60 bits per heavy atom. The van der Waals surface area contributed by atoms with E-state index in [2.05, 4.69) is 0 Å². The first kappa shape index (κ1) is 7.63. The third-order valence-corrected chi connectivity index (χ3v) is 2.02. The number of alkyl halides is 2. The maximum Gasteiger partial charge on any atom is 0.248 e. The van der Waals surface area contributed by atoms with Crippen LogP contribution in [0.5, 0.6) is 0 Å². The van der Waals surface area contributed by atoms with Crippen LogP contribution in [-0.4, -0.2) is 11.6 Å². The molecule has 1 atom stereocenters. The van der Waals surface area contributed by atoms with E-state index in [1.165, 1.54) is 0 Å². The van der Waals surface area contributed by atoms with E-state index in [1.807, 2.05) is 0 Å². The highest BCUT2D eigenvalue weighted by Crippen LogP contribution is 2.38. The molecule has 1 aliphatic carbocycles. The van der Waals surface area contributed by atoms with E-state index in [9.17, 15) is 8.78 Å². The van der Waals surface area contributed by atoms with Crippen LogP contribution in [0.3, 0.4) is 0 Å². The Kier molecular flexibility index (Phi) is 1.75. The summed E-state index contributed by atoms with van der Waals surface area (Å²) in [5, 5.41) is 7.13. The van der Waals surface area contributed by atoms with Crippen molar-refractivity contribution in [3.8, 4) is 0 Å². The molecule has 0 bridgehead atoms. The van der Waals surface area contributed by atoms with Gasteiger partial charge in [-0.05, 0) is 13.3 Å². The standard InChI is InChI=1S/C7H11F2N/c1-5(10)6-2-3-7(8,9)4-6/h6,10H,2-4H2,1H3/t6-/m0/s1. The Morgan fingerprint density at radius 3 is 2.40 bits per heavy atom. The van der Waals surface area contributed by atoms with Crippen LogP contribution >= 0.6 is 0 Å². The van der Waals surface area contributed by atoms with Crippen molar-refractivity contribution in [2.75, 3.05) is 0 Å². The second kappa shape index (κ2) is 2.29. The van der Waals surface area contributed by atoms with Crippen molar-refractivity contribution >= 4 is 5.71 Å². The van der Waals surface area contributed by atoms with Crippen LogP contribution in [0, 0.1) is 11.3 Å². The van der Waals surface area contributed by atoms with E-state index in [1.54, 1.807) is 6.92 Å². The predicted molar refractivity (Wildman–Crippen MR) is 35.7 cm³/mol. The zero-order valence-electron chi connectivity index (χ0n) is 5.95. The Bertz CT molecular complexity index is 154. The molecule has 0 saturated heterocycles. The SMILES string of the molecule is CC(=N)[C@H]1CCC(F)(F)C1. The second-order valence-corrected chi connectivity index (χ2v) is 2.98. The van der Waals surface area contributed by atoms with Gasteiger partial charge in [-0.15, -0.1) is 0 Å². The van der Waals surface area contributed by atoms with E-state index in [0.717, 1.165) is 0 Å². The van der Waals surface area contributed by atoms with Crippen molar-refractivity contribution in [3.63, 3.8) is 0 Å². The Balaban J connectivity index is 2.51. The molecule has 0 heterocycles. The molecule has 0 amide bonds. The first-order chi connectivity index (χ1) is 4.51. The van der Waals surface area contributed by atoms with Crippen molar-refractivity contribution in [1.82, 2.24) is 0 Å². The maximum absolute atomic E-state index is 12.5. The maximum atomic E-state index is 12.5. The second-order valence-electron chi connectivity index (χ2n) is 2.98. The molecule has 10 heavy (non-hydrogen) atoms. The summed E-state index contributed by atoms with van der Waals surface area (Å²) in [6.45, 7) is 1.60. The van der Waals surface area contributed by atoms with Gasteiger partial charge in [-0.1, -0.05) is 0 Å². The molecule has 0 radical (unpaired) electrons. The van der Waals surface area contributed by atoms with Gasteiger partial charge in [-0.2, -0.15) is 0 Å². The van der Waals surface area contributed by atoms with Crippen LogP contribution in [0.4, 0.5) is 8.78 Å². The number of halogens is 2. The smallest absolute Gasteiger partial charge is 0.248 e. The summed E-state index contributed by atoms with van der Waals surface area (Å²) >= 11 is 0. The normalized spacial score (nSPS) is 30.5. The van der Waals surface area contributed by atoms with Crippen molar-refractivity contribution in [2.24, 2.45) is 5.92 Å². The van der Waals surface area contributed by atoms with Gasteiger partial charge in [0, 0.05) is 24.5 Å². The molecule has 0 aliphatic heterocycles. The molecule has 0 aromatic heterocycles. The topological polar surface area (TPSA) is 23.9 Å². The third kappa shape index (κ3) is 1.52. The van der Waals surface area contributed by atoms with Gasteiger partial charge in [0.25, 0.3) is 0 Å². The summed E-state index contributed by atoms with van der Waals surface area (Å²) in [6, 6.07) is 0. The summed E-state index contributed by atoms with van der Waals surface area (Å²) < 4.78 is 24.9. The minimum absolute atomic E-state index is 0.0338. The molecule has 3 heteroatoms. The molecule has 0 spiro atoms. The lowest BCUT2D eigenvalue weighted by Crippen LogP contribution is -2.12. The van der Waals surface area contributed by atoms with Gasteiger partial charge in [0.1, 0.15) is 0 Å². The molecule has 1 aliphatic rings. The molecule has 1 fully saturated rings. The Hall–Kier alpha value is -0.470. The van der Waals surface area contributed by atoms with Gasteiger partial charge < -0.3 is 5.41 Å². The number of hydrogen-bond acceptors (Lipinski definition) is 1. The summed E-state index contributed by atoms with van der Waals surface area (Å²) in [6.07, 6.45) is 0.346. The van der Waals surface area contributed by atoms with Crippen molar-refractivity contribution in [2.45, 2.75) is 32.1 Å². The molecule has 0 aromatic carbocycles. The Morgan fingerprint density at radius 2 is 2.20 bits per heavy atom. The molecular weight excluding hydrogens is 136 g/mol. The van der Waals surface area contributed by atoms with Crippen LogP contribution in [0.25, 0.3) is 0 Å². The van der Waals surface area contributed by atoms with Gasteiger partial charge in [-0.3, -0.25) is 0 Å². The van der Waals surface area contributed by atoms with E-state index in [-0.39, 0.29) is 18.8 Å². The molecule has 58 valence electrons. The molecule has 0 unspecified atom stereocenters. The lowest BCUT2D eigenvalue weighted by molar-refractivity contribution is 0.00731. The Labute approximate surface area is 58.9 Å².